The molecule has 16 heavy (non-hydrogen) atoms. The Kier molecular flexibility index (Phi) is 6.03. The summed E-state index contributed by atoms with van der Waals surface area (Å²) in [5, 5.41) is 3.13. The second-order valence-corrected chi connectivity index (χ2v) is 4.82. The molecule has 0 aliphatic rings. The molecule has 0 aromatic rings. The van der Waals surface area contributed by atoms with Crippen LogP contribution < -0.4 is 11.1 Å². The van der Waals surface area contributed by atoms with Crippen LogP contribution in [0.5, 0.6) is 0 Å². The van der Waals surface area contributed by atoms with Gasteiger partial charge in [-0.05, 0) is 26.8 Å². The summed E-state index contributed by atoms with van der Waals surface area (Å²) in [7, 11) is 3.48. The van der Waals surface area contributed by atoms with Crippen LogP contribution in [0.1, 0.15) is 26.7 Å². The van der Waals surface area contributed by atoms with E-state index in [1.165, 1.54) is 0 Å². The van der Waals surface area contributed by atoms with Gasteiger partial charge in [-0.25, -0.2) is 0 Å². The molecule has 5 nitrogen and oxygen atoms in total. The number of carbonyl (C=O) groups excluding carboxylic acids is 2. The van der Waals surface area contributed by atoms with Crippen LogP contribution in [0.25, 0.3) is 0 Å². The number of hydrogen-bond donors (Lipinski definition) is 2. The molecule has 0 rings (SSSR count). The standard InChI is InChI=1S/C11H23N3O2/c1-11(2,10(12)16)8-13-7-5-6-9(15)14(3)4/h13H,5-8H2,1-4H3,(H2,12,16). The van der Waals surface area contributed by atoms with Gasteiger partial charge < -0.3 is 16.0 Å². The quantitative estimate of drug-likeness (QED) is 0.601. The van der Waals surface area contributed by atoms with E-state index in [2.05, 4.69) is 5.32 Å². The van der Waals surface area contributed by atoms with Crippen LogP contribution in [0.15, 0.2) is 0 Å². The van der Waals surface area contributed by atoms with E-state index >= 15 is 0 Å². The molecule has 0 aromatic carbocycles. The predicted molar refractivity (Wildman–Crippen MR) is 63.8 cm³/mol. The van der Waals surface area contributed by atoms with Crippen molar-refractivity contribution in [1.82, 2.24) is 10.2 Å². The molecule has 0 aliphatic heterocycles. The zero-order chi connectivity index (χ0) is 12.8. The maximum absolute atomic E-state index is 11.2. The third kappa shape index (κ3) is 5.70. The lowest BCUT2D eigenvalue weighted by molar-refractivity contribution is -0.129. The molecule has 0 unspecified atom stereocenters. The van der Waals surface area contributed by atoms with Gasteiger partial charge in [0.15, 0.2) is 0 Å². The third-order valence-corrected chi connectivity index (χ3v) is 2.48. The van der Waals surface area contributed by atoms with Gasteiger partial charge in [0.1, 0.15) is 0 Å². The molecule has 3 N–H and O–H groups in total. The van der Waals surface area contributed by atoms with Gasteiger partial charge in [-0.15, -0.1) is 0 Å². The Morgan fingerprint density at radius 1 is 1.31 bits per heavy atom. The Morgan fingerprint density at radius 2 is 1.88 bits per heavy atom. The van der Waals surface area contributed by atoms with Gasteiger partial charge in [0.05, 0.1) is 5.41 Å². The molecule has 2 amide bonds. The van der Waals surface area contributed by atoms with E-state index in [-0.39, 0.29) is 11.8 Å². The van der Waals surface area contributed by atoms with Gasteiger partial charge in [0.25, 0.3) is 0 Å². The van der Waals surface area contributed by atoms with E-state index in [0.717, 1.165) is 13.0 Å². The van der Waals surface area contributed by atoms with Crippen molar-refractivity contribution >= 4 is 11.8 Å². The summed E-state index contributed by atoms with van der Waals surface area (Å²) >= 11 is 0. The van der Waals surface area contributed by atoms with Gasteiger partial charge >= 0.3 is 0 Å². The van der Waals surface area contributed by atoms with Crippen LogP contribution in [-0.2, 0) is 9.59 Å². The van der Waals surface area contributed by atoms with Crippen molar-refractivity contribution in [3.63, 3.8) is 0 Å². The van der Waals surface area contributed by atoms with Gasteiger partial charge in [-0.3, -0.25) is 9.59 Å². The number of nitrogens with two attached hydrogens (primary N) is 1. The van der Waals surface area contributed by atoms with Crippen LogP contribution in [-0.4, -0.2) is 43.9 Å². The minimum Gasteiger partial charge on any atom is -0.369 e. The van der Waals surface area contributed by atoms with Crippen LogP contribution in [0.4, 0.5) is 0 Å². The van der Waals surface area contributed by atoms with Gasteiger partial charge in [-0.1, -0.05) is 0 Å². The topological polar surface area (TPSA) is 75.4 Å². The van der Waals surface area contributed by atoms with Crippen molar-refractivity contribution in [3.8, 4) is 0 Å². The Labute approximate surface area is 97.4 Å². The summed E-state index contributed by atoms with van der Waals surface area (Å²) in [6.45, 7) is 4.86. The lowest BCUT2D eigenvalue weighted by atomic mass is 9.93. The minimum atomic E-state index is -0.536. The largest absolute Gasteiger partial charge is 0.369 e. The number of primary amides is 1. The summed E-state index contributed by atoms with van der Waals surface area (Å²) in [6, 6.07) is 0. The van der Waals surface area contributed by atoms with Crippen molar-refractivity contribution in [2.45, 2.75) is 26.7 Å². The zero-order valence-electron chi connectivity index (χ0n) is 10.7. The summed E-state index contributed by atoms with van der Waals surface area (Å²) in [5.41, 5.74) is 4.70. The summed E-state index contributed by atoms with van der Waals surface area (Å²) < 4.78 is 0. The lowest BCUT2D eigenvalue weighted by Crippen LogP contribution is -2.40. The highest BCUT2D eigenvalue weighted by Gasteiger charge is 2.23. The molecular weight excluding hydrogens is 206 g/mol. The zero-order valence-corrected chi connectivity index (χ0v) is 10.7. The Balaban J connectivity index is 3.62. The third-order valence-electron chi connectivity index (χ3n) is 2.48. The minimum absolute atomic E-state index is 0.121. The molecule has 0 aromatic heterocycles. The first-order valence-corrected chi connectivity index (χ1v) is 5.48. The second-order valence-electron chi connectivity index (χ2n) is 4.82. The first-order valence-electron chi connectivity index (χ1n) is 5.48. The van der Waals surface area contributed by atoms with Crippen LogP contribution in [0, 0.1) is 5.41 Å². The predicted octanol–water partition coefficient (Wildman–Crippen LogP) is -0.0441. The molecule has 0 heterocycles. The molecule has 0 saturated carbocycles. The number of hydrogen-bond acceptors (Lipinski definition) is 3. The van der Waals surface area contributed by atoms with Gasteiger partial charge in [0.2, 0.25) is 11.8 Å². The summed E-state index contributed by atoms with van der Waals surface area (Å²) in [4.78, 5) is 23.8. The average molecular weight is 229 g/mol. The monoisotopic (exact) mass is 229 g/mol. The van der Waals surface area contributed by atoms with Crippen molar-refractivity contribution < 1.29 is 9.59 Å². The number of carbonyl (C=O) groups is 2. The molecule has 0 atom stereocenters. The van der Waals surface area contributed by atoms with Crippen LogP contribution >= 0.6 is 0 Å². The second kappa shape index (κ2) is 6.48. The number of nitrogens with one attached hydrogen (secondary N) is 1. The van der Waals surface area contributed by atoms with E-state index in [1.54, 1.807) is 32.8 Å². The Morgan fingerprint density at radius 3 is 2.31 bits per heavy atom. The highest BCUT2D eigenvalue weighted by atomic mass is 16.2. The summed E-state index contributed by atoms with van der Waals surface area (Å²) in [5.74, 6) is -0.194. The average Bonchev–Trinajstić information content (AvgIpc) is 2.16. The van der Waals surface area contributed by atoms with Crippen LogP contribution in [0.3, 0.4) is 0 Å². The smallest absolute Gasteiger partial charge is 0.224 e. The maximum atomic E-state index is 11.2. The normalized spacial score (nSPS) is 11.2. The molecule has 0 bridgehead atoms. The SMILES string of the molecule is CN(C)C(=O)CCCNCC(C)(C)C(N)=O. The van der Waals surface area contributed by atoms with E-state index in [0.29, 0.717) is 13.0 Å². The fourth-order valence-electron chi connectivity index (χ4n) is 1.08. The highest BCUT2D eigenvalue weighted by molar-refractivity contribution is 5.80. The maximum Gasteiger partial charge on any atom is 0.224 e. The van der Waals surface area contributed by atoms with E-state index in [9.17, 15) is 9.59 Å². The number of amides is 2. The van der Waals surface area contributed by atoms with E-state index in [1.807, 2.05) is 0 Å². The Bertz CT molecular complexity index is 250. The van der Waals surface area contributed by atoms with Crippen molar-refractivity contribution in [2.24, 2.45) is 11.1 Å². The first kappa shape index (κ1) is 14.9. The molecule has 5 heteroatoms. The van der Waals surface area contributed by atoms with Gasteiger partial charge in [-0.2, -0.15) is 0 Å². The van der Waals surface area contributed by atoms with Crippen LogP contribution in [0.2, 0.25) is 0 Å². The fraction of sp³-hybridized carbons (Fsp3) is 0.818. The molecular formula is C11H23N3O2. The number of nitrogens with zero attached hydrogens (tertiary/aromatic N) is 1. The fourth-order valence-corrected chi connectivity index (χ4v) is 1.08. The van der Waals surface area contributed by atoms with Crippen molar-refractivity contribution in [1.29, 1.82) is 0 Å². The lowest BCUT2D eigenvalue weighted by Gasteiger charge is -2.20. The molecule has 0 aliphatic carbocycles. The van der Waals surface area contributed by atoms with E-state index < -0.39 is 5.41 Å². The molecule has 0 fully saturated rings. The van der Waals surface area contributed by atoms with Gasteiger partial charge in [0, 0.05) is 27.1 Å². The van der Waals surface area contributed by atoms with Crippen molar-refractivity contribution in [2.75, 3.05) is 27.2 Å². The Hall–Kier alpha value is -1.10. The molecule has 0 spiro atoms. The summed E-state index contributed by atoms with van der Waals surface area (Å²) in [6.07, 6.45) is 1.29. The molecule has 94 valence electrons. The molecule has 0 saturated heterocycles. The van der Waals surface area contributed by atoms with E-state index in [4.69, 9.17) is 5.73 Å². The number of rotatable bonds is 7. The van der Waals surface area contributed by atoms with Crippen molar-refractivity contribution in [3.05, 3.63) is 0 Å². The molecule has 0 radical (unpaired) electrons. The highest BCUT2D eigenvalue weighted by Crippen LogP contribution is 2.11. The first-order chi connectivity index (χ1) is 7.27.